The predicted octanol–water partition coefficient (Wildman–Crippen LogP) is 2.57. The van der Waals surface area contributed by atoms with E-state index in [0.717, 1.165) is 5.56 Å². The predicted molar refractivity (Wildman–Crippen MR) is 85.7 cm³/mol. The Bertz CT molecular complexity index is 672. The van der Waals surface area contributed by atoms with E-state index in [4.69, 9.17) is 5.26 Å². The lowest BCUT2D eigenvalue weighted by molar-refractivity contribution is -0.116. The molecule has 2 rings (SSSR count). The molecule has 0 bridgehead atoms. The lowest BCUT2D eigenvalue weighted by Gasteiger charge is -2.06. The Kier molecular flexibility index (Phi) is 5.69. The molecule has 0 unspecified atom stereocenters. The first-order valence-corrected chi connectivity index (χ1v) is 7.64. The monoisotopic (exact) mass is 313 g/mol. The van der Waals surface area contributed by atoms with Gasteiger partial charge in [-0.2, -0.15) is 5.26 Å². The molecule has 112 valence electrons. The molecule has 0 atom stereocenters. The van der Waals surface area contributed by atoms with Gasteiger partial charge >= 0.3 is 0 Å². The number of carbonyl (C=O) groups is 2. The summed E-state index contributed by atoms with van der Waals surface area (Å²) in [5.41, 5.74) is 1.58. The maximum Gasteiger partial charge on any atom is 0.261 e. The Balaban J connectivity index is 1.74. The van der Waals surface area contributed by atoms with E-state index in [2.05, 4.69) is 16.7 Å². The number of nitrogens with one attached hydrogen (secondary N) is 2. The summed E-state index contributed by atoms with van der Waals surface area (Å²) in [7, 11) is 0. The Morgan fingerprint density at radius 2 is 1.95 bits per heavy atom. The molecule has 0 saturated carbocycles. The van der Waals surface area contributed by atoms with Crippen LogP contribution in [0.3, 0.4) is 0 Å². The van der Waals surface area contributed by atoms with Crippen LogP contribution in [0.25, 0.3) is 0 Å². The van der Waals surface area contributed by atoms with Crippen molar-refractivity contribution in [3.63, 3.8) is 0 Å². The van der Waals surface area contributed by atoms with Crippen molar-refractivity contribution in [1.29, 1.82) is 5.26 Å². The Morgan fingerprint density at radius 1 is 1.18 bits per heavy atom. The third kappa shape index (κ3) is 4.72. The van der Waals surface area contributed by atoms with Gasteiger partial charge in [0.2, 0.25) is 5.91 Å². The van der Waals surface area contributed by atoms with Crippen LogP contribution < -0.4 is 10.6 Å². The first kappa shape index (κ1) is 15.7. The van der Waals surface area contributed by atoms with E-state index in [1.807, 2.05) is 11.4 Å². The van der Waals surface area contributed by atoms with Crippen LogP contribution in [-0.4, -0.2) is 18.4 Å². The quantitative estimate of drug-likeness (QED) is 0.860. The number of nitrogens with zero attached hydrogens (tertiary/aromatic N) is 1. The summed E-state index contributed by atoms with van der Waals surface area (Å²) in [4.78, 5) is 24.1. The van der Waals surface area contributed by atoms with Gasteiger partial charge in [0.05, 0.1) is 17.4 Å². The fourth-order valence-electron chi connectivity index (χ4n) is 1.81. The highest BCUT2D eigenvalue weighted by Gasteiger charge is 2.07. The molecule has 0 aliphatic rings. The van der Waals surface area contributed by atoms with Gasteiger partial charge in [0, 0.05) is 18.7 Å². The molecular weight excluding hydrogens is 298 g/mol. The molecule has 1 heterocycles. The van der Waals surface area contributed by atoms with Gasteiger partial charge in [-0.15, -0.1) is 11.3 Å². The number of benzene rings is 1. The number of hydrogen-bond donors (Lipinski definition) is 2. The second-order valence-electron chi connectivity index (χ2n) is 4.56. The van der Waals surface area contributed by atoms with Crippen molar-refractivity contribution in [2.75, 3.05) is 11.9 Å². The summed E-state index contributed by atoms with van der Waals surface area (Å²) in [6.45, 7) is 0.287. The van der Waals surface area contributed by atoms with Crippen molar-refractivity contribution in [2.45, 2.75) is 12.8 Å². The Hall–Kier alpha value is -2.65. The van der Waals surface area contributed by atoms with Crippen LogP contribution in [0.5, 0.6) is 0 Å². The Morgan fingerprint density at radius 3 is 2.59 bits per heavy atom. The standard InChI is InChI=1S/C16H15N3O2S/c17-9-7-12-3-5-13(6-4-12)19-15(20)8-10-18-16(21)14-2-1-11-22-14/h1-6,11H,7-8,10H2,(H,18,21)(H,19,20). The summed E-state index contributed by atoms with van der Waals surface area (Å²) in [6.07, 6.45) is 0.556. The number of thiophene rings is 1. The summed E-state index contributed by atoms with van der Waals surface area (Å²) in [5.74, 6) is -0.330. The molecule has 6 heteroatoms. The third-order valence-corrected chi connectivity index (χ3v) is 3.77. The fraction of sp³-hybridized carbons (Fsp3) is 0.188. The van der Waals surface area contributed by atoms with Crippen LogP contribution in [-0.2, 0) is 11.2 Å². The molecule has 0 saturated heterocycles. The lowest BCUT2D eigenvalue weighted by Crippen LogP contribution is -2.27. The number of hydrogen-bond acceptors (Lipinski definition) is 4. The number of nitriles is 1. The number of amides is 2. The average molecular weight is 313 g/mol. The van der Waals surface area contributed by atoms with Crippen molar-refractivity contribution in [1.82, 2.24) is 5.32 Å². The van der Waals surface area contributed by atoms with E-state index in [1.54, 1.807) is 30.3 Å². The molecule has 2 aromatic rings. The summed E-state index contributed by atoms with van der Waals surface area (Å²) in [5, 5.41) is 15.9. The molecule has 0 spiro atoms. The van der Waals surface area contributed by atoms with Gasteiger partial charge < -0.3 is 10.6 Å². The number of rotatable bonds is 6. The van der Waals surface area contributed by atoms with E-state index >= 15 is 0 Å². The van der Waals surface area contributed by atoms with Crippen LogP contribution in [0.4, 0.5) is 5.69 Å². The maximum atomic E-state index is 11.8. The van der Waals surface area contributed by atoms with E-state index < -0.39 is 0 Å². The zero-order valence-electron chi connectivity index (χ0n) is 11.8. The summed E-state index contributed by atoms with van der Waals surface area (Å²) in [6, 6.07) is 12.7. The van der Waals surface area contributed by atoms with Crippen molar-refractivity contribution >= 4 is 28.8 Å². The number of carbonyl (C=O) groups excluding carboxylic acids is 2. The van der Waals surface area contributed by atoms with E-state index in [0.29, 0.717) is 17.0 Å². The van der Waals surface area contributed by atoms with Gasteiger partial charge in [0.15, 0.2) is 0 Å². The molecule has 0 aliphatic heterocycles. The van der Waals surface area contributed by atoms with Gasteiger partial charge in [0.1, 0.15) is 0 Å². The van der Waals surface area contributed by atoms with E-state index in [9.17, 15) is 9.59 Å². The molecular formula is C16H15N3O2S. The van der Waals surface area contributed by atoms with Crippen LogP contribution in [0, 0.1) is 11.3 Å². The highest BCUT2D eigenvalue weighted by Crippen LogP contribution is 2.10. The molecule has 0 fully saturated rings. The maximum absolute atomic E-state index is 11.8. The van der Waals surface area contributed by atoms with Crippen molar-refractivity contribution in [2.24, 2.45) is 0 Å². The van der Waals surface area contributed by atoms with Gasteiger partial charge in [-0.3, -0.25) is 9.59 Å². The largest absolute Gasteiger partial charge is 0.351 e. The Labute approximate surface area is 132 Å². The van der Waals surface area contributed by atoms with Crippen LogP contribution in [0.15, 0.2) is 41.8 Å². The normalized spacial score (nSPS) is 9.77. The van der Waals surface area contributed by atoms with Crippen LogP contribution in [0.1, 0.15) is 21.7 Å². The molecule has 5 nitrogen and oxygen atoms in total. The minimum Gasteiger partial charge on any atom is -0.351 e. The molecule has 0 aliphatic carbocycles. The lowest BCUT2D eigenvalue weighted by atomic mass is 10.1. The van der Waals surface area contributed by atoms with Gasteiger partial charge in [-0.05, 0) is 29.1 Å². The average Bonchev–Trinajstić information content (AvgIpc) is 3.04. The second-order valence-corrected chi connectivity index (χ2v) is 5.51. The van der Waals surface area contributed by atoms with Gasteiger partial charge in [0.25, 0.3) is 5.91 Å². The SMILES string of the molecule is N#CCc1ccc(NC(=O)CCNC(=O)c2cccs2)cc1. The summed E-state index contributed by atoms with van der Waals surface area (Å²) < 4.78 is 0. The van der Waals surface area contributed by atoms with Crippen molar-refractivity contribution in [3.05, 3.63) is 52.2 Å². The zero-order valence-corrected chi connectivity index (χ0v) is 12.7. The number of anilines is 1. The summed E-state index contributed by atoms with van der Waals surface area (Å²) >= 11 is 1.36. The third-order valence-electron chi connectivity index (χ3n) is 2.90. The van der Waals surface area contributed by atoms with Gasteiger partial charge in [-0.25, -0.2) is 0 Å². The van der Waals surface area contributed by atoms with Crippen LogP contribution >= 0.6 is 11.3 Å². The molecule has 1 aromatic heterocycles. The highest BCUT2D eigenvalue weighted by atomic mass is 32.1. The highest BCUT2D eigenvalue weighted by molar-refractivity contribution is 7.12. The molecule has 1 aromatic carbocycles. The molecule has 2 N–H and O–H groups in total. The van der Waals surface area contributed by atoms with Gasteiger partial charge in [-0.1, -0.05) is 18.2 Å². The van der Waals surface area contributed by atoms with E-state index in [1.165, 1.54) is 11.3 Å². The zero-order chi connectivity index (χ0) is 15.8. The smallest absolute Gasteiger partial charge is 0.261 e. The minimum absolute atomic E-state index is 0.163. The first-order chi connectivity index (χ1) is 10.7. The van der Waals surface area contributed by atoms with E-state index in [-0.39, 0.29) is 24.8 Å². The second kappa shape index (κ2) is 7.96. The first-order valence-electron chi connectivity index (χ1n) is 6.76. The molecule has 0 radical (unpaired) electrons. The van der Waals surface area contributed by atoms with Crippen LogP contribution in [0.2, 0.25) is 0 Å². The molecule has 2 amide bonds. The topological polar surface area (TPSA) is 82.0 Å². The van der Waals surface area contributed by atoms with Crippen molar-refractivity contribution in [3.8, 4) is 6.07 Å². The van der Waals surface area contributed by atoms with Crippen molar-refractivity contribution < 1.29 is 9.59 Å². The molecule has 22 heavy (non-hydrogen) atoms. The minimum atomic E-state index is -0.167. The fourth-order valence-corrected chi connectivity index (χ4v) is 2.45.